The average molecular weight is 568 g/mol. The lowest BCUT2D eigenvalue weighted by atomic mass is 9.93. The Morgan fingerprint density at radius 1 is 1.15 bits per heavy atom. The number of nitrogens with one attached hydrogen (secondary N) is 2. The number of amides is 1. The van der Waals surface area contributed by atoms with Gasteiger partial charge in [0.2, 0.25) is 11.4 Å². The van der Waals surface area contributed by atoms with Crippen LogP contribution in [-0.4, -0.2) is 101 Å². The second kappa shape index (κ2) is 12.5. The molecule has 3 aliphatic rings. The number of rotatable bonds is 12. The number of fused-ring (bicyclic) bond motifs is 1. The lowest BCUT2D eigenvalue weighted by Gasteiger charge is -2.33. The zero-order chi connectivity index (χ0) is 28.9. The van der Waals surface area contributed by atoms with Gasteiger partial charge in [0.1, 0.15) is 24.4 Å². The normalized spacial score (nSPS) is 27.8. The number of aliphatic hydroxyl groups is 2. The molecule has 1 aromatic rings. The molecular weight excluding hydrogens is 535 g/mol. The number of amidine groups is 1. The van der Waals surface area contributed by atoms with E-state index in [0.717, 1.165) is 0 Å². The molecule has 0 bridgehead atoms. The highest BCUT2D eigenvalue weighted by Crippen LogP contribution is 2.32. The molecule has 40 heavy (non-hydrogen) atoms. The standard InChI is InChI=1S/C25H32F3N7O5/c26-25(27,28)22(39)30-10-6-1-2-7-11-31-23-34-19-21(35(23)18-12-16(37)17(13-36)40-18)32-14-33-24(19,29)20(38)15-8-4-3-5-9-15/h3-5,8-9,14,16-18,23,31,36-37H,1-2,6-7,10-13,29H2,(H,30,39)/t16-,17+,18+,23?,24?/m0/s1. The summed E-state index contributed by atoms with van der Waals surface area (Å²) in [5.41, 5.74) is 5.18. The van der Waals surface area contributed by atoms with Crippen molar-refractivity contribution in [2.45, 2.75) is 68.7 Å². The van der Waals surface area contributed by atoms with E-state index in [1.165, 1.54) is 6.34 Å². The molecule has 1 fully saturated rings. The molecule has 0 radical (unpaired) electrons. The number of halogens is 3. The van der Waals surface area contributed by atoms with Crippen LogP contribution >= 0.6 is 0 Å². The molecule has 0 aliphatic carbocycles. The van der Waals surface area contributed by atoms with Crippen molar-refractivity contribution in [2.24, 2.45) is 20.7 Å². The number of hydrogen-bond donors (Lipinski definition) is 5. The third-order valence-electron chi connectivity index (χ3n) is 6.82. The van der Waals surface area contributed by atoms with E-state index in [1.807, 2.05) is 5.32 Å². The molecule has 1 aromatic carbocycles. The Kier molecular flexibility index (Phi) is 9.30. The zero-order valence-corrected chi connectivity index (χ0v) is 21.5. The van der Waals surface area contributed by atoms with E-state index in [2.05, 4.69) is 20.3 Å². The van der Waals surface area contributed by atoms with E-state index in [-0.39, 0.29) is 31.1 Å². The van der Waals surface area contributed by atoms with Crippen LogP contribution in [0.1, 0.15) is 42.5 Å². The molecular formula is C25H32F3N7O5. The van der Waals surface area contributed by atoms with Crippen LogP contribution in [-0.2, 0) is 9.53 Å². The van der Waals surface area contributed by atoms with Gasteiger partial charge in [-0.25, -0.2) is 15.0 Å². The number of hydrogen-bond acceptors (Lipinski definition) is 11. The third kappa shape index (κ3) is 6.39. The van der Waals surface area contributed by atoms with E-state index in [1.54, 1.807) is 35.2 Å². The topological polar surface area (TPSA) is 174 Å². The highest BCUT2D eigenvalue weighted by atomic mass is 19.4. The van der Waals surface area contributed by atoms with Crippen LogP contribution in [0.15, 0.2) is 45.3 Å². The minimum Gasteiger partial charge on any atom is -0.394 e. The number of ketones is 1. The number of carbonyl (C=O) groups excluding carboxylic acids is 2. The Bertz CT molecular complexity index is 1160. The van der Waals surface area contributed by atoms with Crippen LogP contribution in [0.4, 0.5) is 13.2 Å². The molecule has 5 atom stereocenters. The van der Waals surface area contributed by atoms with Crippen molar-refractivity contribution in [1.29, 1.82) is 0 Å². The fourth-order valence-corrected chi connectivity index (χ4v) is 4.71. The molecule has 1 amide bonds. The fraction of sp³-hybridized carbons (Fsp3) is 0.560. The zero-order valence-electron chi connectivity index (χ0n) is 21.5. The van der Waals surface area contributed by atoms with Crippen molar-refractivity contribution < 1.29 is 37.7 Å². The first kappa shape index (κ1) is 29.7. The Balaban J connectivity index is 1.42. The van der Waals surface area contributed by atoms with Crippen LogP contribution < -0.4 is 16.4 Å². The van der Waals surface area contributed by atoms with Gasteiger partial charge in [-0.05, 0) is 19.4 Å². The van der Waals surface area contributed by atoms with Gasteiger partial charge in [-0.15, -0.1) is 0 Å². The first-order valence-corrected chi connectivity index (χ1v) is 13.0. The molecule has 4 rings (SSSR count). The molecule has 3 aliphatic heterocycles. The summed E-state index contributed by atoms with van der Waals surface area (Å²) in [6.07, 6.45) is -4.51. The number of nitrogens with zero attached hydrogens (tertiary/aromatic N) is 4. The average Bonchev–Trinajstić information content (AvgIpc) is 3.49. The molecule has 2 unspecified atom stereocenters. The van der Waals surface area contributed by atoms with Crippen molar-refractivity contribution in [3.63, 3.8) is 0 Å². The van der Waals surface area contributed by atoms with Crippen molar-refractivity contribution in [3.05, 3.63) is 35.9 Å². The van der Waals surface area contributed by atoms with Gasteiger partial charge in [0, 0.05) is 18.5 Å². The Morgan fingerprint density at radius 2 is 1.85 bits per heavy atom. The molecule has 15 heteroatoms. The van der Waals surface area contributed by atoms with Gasteiger partial charge in [0.25, 0.3) is 0 Å². The first-order chi connectivity index (χ1) is 19.1. The van der Waals surface area contributed by atoms with Crippen molar-refractivity contribution in [1.82, 2.24) is 15.5 Å². The van der Waals surface area contributed by atoms with E-state index in [0.29, 0.717) is 37.8 Å². The van der Waals surface area contributed by atoms with Crippen LogP contribution in [0, 0.1) is 0 Å². The molecule has 0 saturated carbocycles. The Labute approximate surface area is 228 Å². The number of ether oxygens (including phenoxy) is 1. The summed E-state index contributed by atoms with van der Waals surface area (Å²) < 4.78 is 42.6. The second-order valence-electron chi connectivity index (χ2n) is 9.65. The van der Waals surface area contributed by atoms with Gasteiger partial charge >= 0.3 is 12.1 Å². The van der Waals surface area contributed by atoms with Gasteiger partial charge < -0.3 is 20.3 Å². The van der Waals surface area contributed by atoms with Gasteiger partial charge in [0.15, 0.2) is 12.1 Å². The lowest BCUT2D eigenvalue weighted by molar-refractivity contribution is -0.173. The van der Waals surface area contributed by atoms with Crippen LogP contribution in [0.25, 0.3) is 0 Å². The van der Waals surface area contributed by atoms with Gasteiger partial charge in [-0.1, -0.05) is 43.2 Å². The molecule has 12 nitrogen and oxygen atoms in total. The number of aliphatic imine (C=N–C) groups is 3. The highest BCUT2D eigenvalue weighted by Gasteiger charge is 2.52. The number of alkyl halides is 3. The van der Waals surface area contributed by atoms with E-state index >= 15 is 0 Å². The highest BCUT2D eigenvalue weighted by molar-refractivity contribution is 6.52. The Morgan fingerprint density at radius 3 is 2.50 bits per heavy atom. The number of unbranched alkanes of at least 4 members (excludes halogenated alkanes) is 3. The van der Waals surface area contributed by atoms with E-state index < -0.39 is 48.3 Å². The maximum Gasteiger partial charge on any atom is 0.471 e. The molecule has 3 heterocycles. The Hall–Kier alpha value is -3.24. The van der Waals surface area contributed by atoms with Crippen LogP contribution in [0.5, 0.6) is 0 Å². The predicted octanol–water partition coefficient (Wildman–Crippen LogP) is 0.302. The van der Waals surface area contributed by atoms with Gasteiger partial charge in [0.05, 0.1) is 12.7 Å². The van der Waals surface area contributed by atoms with Crippen molar-refractivity contribution in [2.75, 3.05) is 19.7 Å². The SMILES string of the molecule is NC1(C(=O)c2ccccc2)N=CN=C2C1=NC(NCCCCCCNC(=O)C(F)(F)F)N2[C@H]1C[C@H](O)[C@@H](CO)O1. The van der Waals surface area contributed by atoms with Gasteiger partial charge in [-0.2, -0.15) is 13.2 Å². The summed E-state index contributed by atoms with van der Waals surface area (Å²) in [4.78, 5) is 39.1. The number of Topliss-reactive ketones (excluding diaryl/α,β-unsaturated/α-hetero) is 1. The quantitative estimate of drug-likeness (QED) is 0.177. The van der Waals surface area contributed by atoms with Crippen molar-refractivity contribution >= 4 is 29.6 Å². The first-order valence-electron chi connectivity index (χ1n) is 13.0. The summed E-state index contributed by atoms with van der Waals surface area (Å²) in [6.45, 7) is -0.0249. The predicted molar refractivity (Wildman–Crippen MR) is 139 cm³/mol. The number of benzene rings is 1. The fourth-order valence-electron chi connectivity index (χ4n) is 4.71. The lowest BCUT2D eigenvalue weighted by Crippen LogP contribution is -2.59. The molecule has 218 valence electrons. The van der Waals surface area contributed by atoms with E-state index in [4.69, 9.17) is 10.5 Å². The van der Waals surface area contributed by atoms with Gasteiger partial charge in [-0.3, -0.25) is 25.5 Å². The smallest absolute Gasteiger partial charge is 0.394 e. The maximum atomic E-state index is 13.4. The molecule has 0 aromatic heterocycles. The van der Waals surface area contributed by atoms with E-state index in [9.17, 15) is 33.0 Å². The summed E-state index contributed by atoms with van der Waals surface area (Å²) in [5.74, 6) is -2.17. The number of nitrogens with two attached hydrogens (primary N) is 1. The molecule has 1 saturated heterocycles. The number of aliphatic hydroxyl groups excluding tert-OH is 2. The second-order valence-corrected chi connectivity index (χ2v) is 9.65. The minimum atomic E-state index is -4.89. The maximum absolute atomic E-state index is 13.4. The van der Waals surface area contributed by atoms with Crippen LogP contribution in [0.2, 0.25) is 0 Å². The third-order valence-corrected chi connectivity index (χ3v) is 6.82. The summed E-state index contributed by atoms with van der Waals surface area (Å²) in [6, 6.07) is 8.43. The number of carbonyl (C=O) groups is 2. The van der Waals surface area contributed by atoms with Crippen LogP contribution in [0.3, 0.4) is 0 Å². The van der Waals surface area contributed by atoms with Crippen molar-refractivity contribution in [3.8, 4) is 0 Å². The summed E-state index contributed by atoms with van der Waals surface area (Å²) in [5, 5.41) is 25.0. The molecule has 0 spiro atoms. The minimum absolute atomic E-state index is 0.0724. The molecule has 6 N–H and O–H groups in total. The summed E-state index contributed by atoms with van der Waals surface area (Å²) in [7, 11) is 0. The monoisotopic (exact) mass is 567 g/mol. The summed E-state index contributed by atoms with van der Waals surface area (Å²) >= 11 is 0. The largest absolute Gasteiger partial charge is 0.471 e.